The number of nitrogens with zero attached hydrogens (tertiary/aromatic N) is 1. The van der Waals surface area contributed by atoms with E-state index in [-0.39, 0.29) is 6.04 Å². The molecular weight excluding hydrogens is 366 g/mol. The molecule has 8 heteroatoms. The fraction of sp³-hybridized carbons (Fsp3) is 0.235. The van der Waals surface area contributed by atoms with Gasteiger partial charge in [0, 0.05) is 5.02 Å². The van der Waals surface area contributed by atoms with E-state index in [0.717, 1.165) is 16.1 Å². The van der Waals surface area contributed by atoms with Crippen molar-refractivity contribution in [2.75, 3.05) is 6.61 Å². The van der Waals surface area contributed by atoms with E-state index in [2.05, 4.69) is 4.36 Å². The molecule has 0 heterocycles. The van der Waals surface area contributed by atoms with Crippen molar-refractivity contribution < 1.29 is 23.1 Å². The van der Waals surface area contributed by atoms with Gasteiger partial charge in [0.1, 0.15) is 5.75 Å². The van der Waals surface area contributed by atoms with Crippen LogP contribution in [0.4, 0.5) is 0 Å². The highest BCUT2D eigenvalue weighted by Gasteiger charge is 2.21. The number of aliphatic carboxylic acids is 1. The average Bonchev–Trinajstić information content (AvgIpc) is 2.94. The van der Waals surface area contributed by atoms with Gasteiger partial charge >= 0.3 is 16.5 Å². The van der Waals surface area contributed by atoms with Crippen LogP contribution in [0.15, 0.2) is 52.9 Å². The minimum atomic E-state index is -2.39. The van der Waals surface area contributed by atoms with Crippen molar-refractivity contribution in [3.8, 4) is 5.75 Å². The maximum absolute atomic E-state index is 10.5. The number of ether oxygens (including phenoxy) is 1. The van der Waals surface area contributed by atoms with E-state index < -0.39 is 23.1 Å². The van der Waals surface area contributed by atoms with Crippen LogP contribution in [0.1, 0.15) is 11.1 Å². The number of hydrogen-bond donors (Lipinski definition) is 1. The zero-order valence-electron chi connectivity index (χ0n) is 13.1. The van der Waals surface area contributed by atoms with Crippen LogP contribution in [0.25, 0.3) is 0 Å². The summed E-state index contributed by atoms with van der Waals surface area (Å²) in [6, 6.07) is 14.4. The Morgan fingerprint density at radius 2 is 1.84 bits per heavy atom. The molecule has 1 aliphatic carbocycles. The molecule has 0 fully saturated rings. The van der Waals surface area contributed by atoms with Crippen LogP contribution in [0, 0.1) is 0 Å². The zero-order chi connectivity index (χ0) is 18.2. The number of fused-ring (bicyclic) bond motifs is 1. The van der Waals surface area contributed by atoms with Crippen molar-refractivity contribution in [3.63, 3.8) is 0 Å². The summed E-state index contributed by atoms with van der Waals surface area (Å²) in [5, 5.41) is 9.29. The van der Waals surface area contributed by atoms with Crippen molar-refractivity contribution in [1.82, 2.24) is 0 Å². The first-order chi connectivity index (χ1) is 11.9. The van der Waals surface area contributed by atoms with Crippen LogP contribution in [0.3, 0.4) is 0 Å². The first-order valence-electron chi connectivity index (χ1n) is 7.41. The van der Waals surface area contributed by atoms with Gasteiger partial charge in [-0.3, -0.25) is 0 Å². The summed E-state index contributed by atoms with van der Waals surface area (Å²) in [5.74, 6) is -0.565. The molecule has 0 aliphatic heterocycles. The molecule has 0 radical (unpaired) electrons. The minimum absolute atomic E-state index is 0.256. The second kappa shape index (κ2) is 9.19. The van der Waals surface area contributed by atoms with Crippen LogP contribution in [-0.2, 0) is 28.1 Å². The predicted octanol–water partition coefficient (Wildman–Crippen LogP) is 3.02. The molecule has 0 spiro atoms. The minimum Gasteiger partial charge on any atom is -0.482 e. The molecule has 1 atom stereocenters. The molecule has 1 aliphatic rings. The van der Waals surface area contributed by atoms with Crippen LogP contribution < -0.4 is 4.74 Å². The third-order valence-corrected chi connectivity index (χ3v) is 4.14. The monoisotopic (exact) mass is 381 g/mol. The second-order valence-electron chi connectivity index (χ2n) is 5.29. The lowest BCUT2D eigenvalue weighted by molar-refractivity contribution is -0.139. The zero-order valence-corrected chi connectivity index (χ0v) is 14.7. The van der Waals surface area contributed by atoms with Crippen LogP contribution in [-0.4, -0.2) is 32.1 Å². The molecule has 0 saturated carbocycles. The van der Waals surface area contributed by atoms with Gasteiger partial charge in [-0.1, -0.05) is 35.9 Å². The number of carbonyl (C=O) groups is 1. The molecule has 25 heavy (non-hydrogen) atoms. The summed E-state index contributed by atoms with van der Waals surface area (Å²) in [4.78, 5) is 10.4. The summed E-state index contributed by atoms with van der Waals surface area (Å²) in [5.41, 5.74) is 1.98. The van der Waals surface area contributed by atoms with E-state index in [4.69, 9.17) is 21.4 Å². The summed E-state index contributed by atoms with van der Waals surface area (Å²) in [7, 11) is -2.39. The van der Waals surface area contributed by atoms with Crippen LogP contribution >= 0.6 is 11.6 Å². The van der Waals surface area contributed by atoms with E-state index in [0.29, 0.717) is 18.6 Å². The van der Waals surface area contributed by atoms with Gasteiger partial charge in [0.25, 0.3) is 0 Å². The van der Waals surface area contributed by atoms with Crippen LogP contribution in [0.5, 0.6) is 5.75 Å². The Balaban J connectivity index is 0.000000269. The first-order valence-corrected chi connectivity index (χ1v) is 8.82. The third-order valence-electron chi connectivity index (χ3n) is 3.42. The molecule has 2 aromatic carbocycles. The summed E-state index contributed by atoms with van der Waals surface area (Å²) >= 11 is 5.54. The fourth-order valence-electron chi connectivity index (χ4n) is 2.42. The molecule has 3 rings (SSSR count). The Labute approximate surface area is 151 Å². The standard InChI is InChI=1S/C11H11NO5S.C6H5Cl/c13-11(14)6-17-10-2-1-7-3-9(12-18(15)16)4-8(7)5-10;7-6-4-2-1-3-5-6/h1-2,5,9H,3-4,6H2,(H,13,14);1-5H. The topological polar surface area (TPSA) is 93.0 Å². The van der Waals surface area contributed by atoms with Gasteiger partial charge in [-0.15, -0.1) is 0 Å². The first kappa shape index (κ1) is 19.0. The lowest BCUT2D eigenvalue weighted by Crippen LogP contribution is -2.09. The largest absolute Gasteiger partial charge is 0.482 e. The number of carboxylic acids is 1. The SMILES string of the molecule is Clc1ccccc1.O=C(O)COc1ccc2c(c1)CC(N=S(=O)=O)C2. The molecule has 1 N–H and O–H groups in total. The van der Waals surface area contributed by atoms with Gasteiger partial charge in [0.15, 0.2) is 6.61 Å². The molecule has 0 aromatic heterocycles. The Morgan fingerprint density at radius 1 is 1.16 bits per heavy atom. The predicted molar refractivity (Wildman–Crippen MR) is 93.6 cm³/mol. The number of benzene rings is 2. The highest BCUT2D eigenvalue weighted by Crippen LogP contribution is 2.27. The quantitative estimate of drug-likeness (QED) is 0.878. The maximum atomic E-state index is 10.5. The van der Waals surface area contributed by atoms with Gasteiger partial charge < -0.3 is 9.84 Å². The summed E-state index contributed by atoms with van der Waals surface area (Å²) in [6.07, 6.45) is 1.12. The molecule has 2 aromatic rings. The molecule has 0 amide bonds. The highest BCUT2D eigenvalue weighted by molar-refractivity contribution is 7.61. The van der Waals surface area contributed by atoms with Crippen molar-refractivity contribution in [2.24, 2.45) is 4.36 Å². The second-order valence-corrected chi connectivity index (χ2v) is 6.37. The Kier molecular flexibility index (Phi) is 6.97. The Hall–Kier alpha value is -2.38. The van der Waals surface area contributed by atoms with Crippen molar-refractivity contribution in [1.29, 1.82) is 0 Å². The van der Waals surface area contributed by atoms with Crippen molar-refractivity contribution in [2.45, 2.75) is 18.9 Å². The molecule has 0 saturated heterocycles. The van der Waals surface area contributed by atoms with E-state index in [1.165, 1.54) is 0 Å². The molecule has 6 nitrogen and oxygen atoms in total. The number of hydrogen-bond acceptors (Lipinski definition) is 5. The Morgan fingerprint density at radius 3 is 2.40 bits per heavy atom. The van der Waals surface area contributed by atoms with E-state index in [1.807, 2.05) is 36.4 Å². The maximum Gasteiger partial charge on any atom is 0.341 e. The van der Waals surface area contributed by atoms with Gasteiger partial charge in [-0.05, 0) is 48.2 Å². The van der Waals surface area contributed by atoms with Gasteiger partial charge in [-0.25, -0.2) is 4.79 Å². The number of carboxylic acid groups (broad SMARTS) is 1. The average molecular weight is 382 g/mol. The molecule has 0 bridgehead atoms. The summed E-state index contributed by atoms with van der Waals surface area (Å²) in [6.45, 7) is -0.392. The van der Waals surface area contributed by atoms with Crippen molar-refractivity contribution >= 4 is 28.1 Å². The van der Waals surface area contributed by atoms with Crippen molar-refractivity contribution in [3.05, 3.63) is 64.7 Å². The molecule has 1 unspecified atom stereocenters. The Bertz CT molecular complexity index is 860. The smallest absolute Gasteiger partial charge is 0.341 e. The number of rotatable bonds is 4. The normalized spacial score (nSPS) is 14.7. The van der Waals surface area contributed by atoms with Gasteiger partial charge in [-0.2, -0.15) is 12.8 Å². The van der Waals surface area contributed by atoms with E-state index in [9.17, 15) is 13.2 Å². The lowest BCUT2D eigenvalue weighted by Gasteiger charge is -2.05. The third kappa shape index (κ3) is 6.56. The summed E-state index contributed by atoms with van der Waals surface area (Å²) < 4.78 is 29.6. The number of halogens is 1. The molecule has 132 valence electrons. The van der Waals surface area contributed by atoms with Gasteiger partial charge in [0.05, 0.1) is 6.04 Å². The molecular formula is C17H16ClNO5S. The van der Waals surface area contributed by atoms with Gasteiger partial charge in [0.2, 0.25) is 0 Å². The fourth-order valence-corrected chi connectivity index (χ4v) is 2.96. The highest BCUT2D eigenvalue weighted by atomic mass is 35.5. The lowest BCUT2D eigenvalue weighted by atomic mass is 10.1. The van der Waals surface area contributed by atoms with E-state index in [1.54, 1.807) is 12.1 Å². The van der Waals surface area contributed by atoms with Crippen LogP contribution in [0.2, 0.25) is 5.02 Å². The van der Waals surface area contributed by atoms with E-state index >= 15 is 0 Å².